The zero-order valence-corrected chi connectivity index (χ0v) is 42.0. The zero-order valence-electron chi connectivity index (χ0n) is 40.4. The predicted molar refractivity (Wildman–Crippen MR) is 274 cm³/mol. The van der Waals surface area contributed by atoms with Crippen LogP contribution < -0.4 is 43.4 Å². The van der Waals surface area contributed by atoms with Crippen molar-refractivity contribution in [3.63, 3.8) is 0 Å². The van der Waals surface area contributed by atoms with Crippen molar-refractivity contribution in [3.05, 3.63) is 101 Å². The zero-order chi connectivity index (χ0) is 52.1. The Kier molecular flexibility index (Phi) is 19.6. The number of aromatic nitrogens is 1. The third kappa shape index (κ3) is 14.6. The summed E-state index contributed by atoms with van der Waals surface area (Å²) in [6.07, 6.45) is 0.882. The highest BCUT2D eigenvalue weighted by Crippen LogP contribution is 2.30. The fourth-order valence-corrected chi connectivity index (χ4v) is 10.8. The van der Waals surface area contributed by atoms with Gasteiger partial charge in [-0.05, 0) is 61.6 Å². The number of rotatable bonds is 14. The molecule has 1 saturated heterocycles. The van der Waals surface area contributed by atoms with Crippen molar-refractivity contribution < 1.29 is 48.6 Å². The van der Waals surface area contributed by atoms with E-state index in [1.165, 1.54) is 19.1 Å². The van der Waals surface area contributed by atoms with Gasteiger partial charge in [0.2, 0.25) is 35.4 Å². The maximum atomic E-state index is 15.2. The Hall–Kier alpha value is -6.46. The molecule has 0 spiro atoms. The van der Waals surface area contributed by atoms with Crippen LogP contribution in [-0.2, 0) is 64.2 Å². The molecule has 1 aromatic heterocycles. The quantitative estimate of drug-likeness (QED) is 0.0479. The topological polar surface area (TPSA) is 320 Å². The van der Waals surface area contributed by atoms with Gasteiger partial charge in [0.1, 0.15) is 36.0 Å². The monoisotopic (exact) mass is 1030 g/mol. The van der Waals surface area contributed by atoms with Crippen LogP contribution in [0.3, 0.4) is 0 Å². The van der Waals surface area contributed by atoms with Crippen molar-refractivity contribution in [2.24, 2.45) is 17.4 Å². The number of benzene rings is 3. The van der Waals surface area contributed by atoms with Gasteiger partial charge in [0.05, 0.1) is 24.7 Å². The van der Waals surface area contributed by atoms with Crippen LogP contribution in [0.15, 0.2) is 78.9 Å². The van der Waals surface area contributed by atoms with E-state index in [1.807, 2.05) is 24.3 Å². The molecule has 72 heavy (non-hydrogen) atoms. The van der Waals surface area contributed by atoms with Crippen molar-refractivity contribution >= 4 is 79.8 Å². The van der Waals surface area contributed by atoms with E-state index >= 15 is 9.59 Å². The minimum Gasteiger partial charge on any atom is -0.508 e. The Morgan fingerprint density at radius 3 is 2.10 bits per heavy atom. The molecule has 0 aliphatic carbocycles. The number of aromatic hydroxyl groups is 1. The molecule has 3 heterocycles. The number of hydrogen-bond acceptors (Lipinski definition) is 14. The van der Waals surface area contributed by atoms with E-state index < -0.39 is 102 Å². The van der Waals surface area contributed by atoms with Crippen LogP contribution in [0.1, 0.15) is 62.4 Å². The molecule has 13 N–H and O–H groups in total. The third-order valence-corrected chi connectivity index (χ3v) is 14.9. The number of carbonyl (C=O) groups is 8. The molecule has 3 aromatic carbocycles. The number of nitrogens with one attached hydrogen (secondary N) is 7. The first-order valence-electron chi connectivity index (χ1n) is 23.9. The number of H-pyrrole nitrogens is 1. The van der Waals surface area contributed by atoms with Gasteiger partial charge >= 0.3 is 5.97 Å². The number of carbonyl (C=O) groups excluding carboxylic acids is 7. The van der Waals surface area contributed by atoms with E-state index in [0.717, 1.165) is 37.4 Å². The molecule has 20 nitrogen and oxygen atoms in total. The average Bonchev–Trinajstić information content (AvgIpc) is 3.63. The summed E-state index contributed by atoms with van der Waals surface area (Å²) in [6, 6.07) is 12.1. The number of imide groups is 1. The second-order valence-electron chi connectivity index (χ2n) is 18.4. The summed E-state index contributed by atoms with van der Waals surface area (Å²) in [6.45, 7) is 4.76. The summed E-state index contributed by atoms with van der Waals surface area (Å²) in [5, 5.41) is 37.6. The van der Waals surface area contributed by atoms with Gasteiger partial charge in [0.15, 0.2) is 0 Å². The molecule has 0 radical (unpaired) electrons. The summed E-state index contributed by atoms with van der Waals surface area (Å²) in [4.78, 5) is 118. The molecule has 8 atom stereocenters. The molecular weight excluding hydrogens is 965 g/mol. The smallest absolute Gasteiger partial charge is 0.326 e. The fourth-order valence-electron chi connectivity index (χ4n) is 8.47. The number of amides is 7. The fraction of sp³-hybridized carbons (Fsp3) is 0.440. The highest BCUT2D eigenvalue weighted by atomic mass is 33.1. The van der Waals surface area contributed by atoms with Gasteiger partial charge in [0.25, 0.3) is 5.91 Å². The molecule has 2 aliphatic rings. The summed E-state index contributed by atoms with van der Waals surface area (Å²) >= 11 is 0. The van der Waals surface area contributed by atoms with Crippen LogP contribution in [-0.4, -0.2) is 134 Å². The van der Waals surface area contributed by atoms with Crippen LogP contribution >= 0.6 is 21.6 Å². The number of hydrogen-bond donors (Lipinski definition) is 11. The van der Waals surface area contributed by atoms with Crippen molar-refractivity contribution in [2.75, 3.05) is 18.1 Å². The van der Waals surface area contributed by atoms with Crippen molar-refractivity contribution in [1.29, 1.82) is 0 Å². The standard InChI is InChI=1S/C50H64N10O10S2/c1-27(2)42(50(69)70)59-47(66)41-26-72-71-25-40(57-43(62)28(3)52)46(65)56-38(22-29-11-5-4-6-12-29)48(67)60-24-33-32-13-7-8-14-34(32)53-36(33)23-39(49(60)68)54-35(15-9-10-20-51)44(63)55-37(45(64)58-41)21-30-16-18-31(61)19-17-30/h4-8,11-14,16-19,27-28,35,37-42,53-54,61H,9-10,15,20-26,51-52H2,1-3H3,(H,55,63)(H,56,65)(H,57,62)(H,58,64)(H,59,66)(H,69,70)/t28-,35-,37-,38-,39-,40-,41-,42-/m0/s1. The Morgan fingerprint density at radius 2 is 1.42 bits per heavy atom. The number of phenolic OH excluding ortho intramolecular Hbond substituents is 1. The molecule has 0 saturated carbocycles. The first-order valence-corrected chi connectivity index (χ1v) is 26.4. The lowest BCUT2D eigenvalue weighted by molar-refractivity contribution is -0.149. The third-order valence-electron chi connectivity index (χ3n) is 12.5. The number of carboxylic acids is 1. The molecule has 22 heteroatoms. The first kappa shape index (κ1) is 54.9. The van der Waals surface area contributed by atoms with Gasteiger partial charge in [-0.25, -0.2) is 4.79 Å². The number of nitrogens with two attached hydrogens (primary N) is 2. The lowest BCUT2D eigenvalue weighted by atomic mass is 10.0. The van der Waals surface area contributed by atoms with Crippen LogP contribution in [0.4, 0.5) is 0 Å². The van der Waals surface area contributed by atoms with E-state index in [4.69, 9.17) is 11.5 Å². The molecule has 6 rings (SSSR count). The van der Waals surface area contributed by atoms with Crippen LogP contribution in [0, 0.1) is 5.92 Å². The van der Waals surface area contributed by atoms with Crippen LogP contribution in [0.5, 0.6) is 5.75 Å². The van der Waals surface area contributed by atoms with Crippen molar-refractivity contribution in [2.45, 2.75) is 114 Å². The SMILES string of the molecule is CC(C)[C@H](NC(=O)[C@@H]1CSSC[C@H](NC(=O)[C@H](C)N)C(=O)N[C@@H](Cc2ccccc2)C(=O)N2Cc3c([nH]c4ccccc34)C[C@H](N[C@@H](CCCCN)C(=O)N[C@@H](Cc3ccc(O)cc3)C(=O)N1)C2=O)C(=O)O. The Labute approximate surface area is 425 Å². The number of aliphatic carboxylic acids is 1. The maximum Gasteiger partial charge on any atom is 0.326 e. The number of phenols is 1. The van der Waals surface area contributed by atoms with Crippen LogP contribution in [0.2, 0.25) is 0 Å². The van der Waals surface area contributed by atoms with E-state index in [-0.39, 0.29) is 49.5 Å². The Balaban J connectivity index is 1.47. The van der Waals surface area contributed by atoms with Gasteiger partial charge in [-0.15, -0.1) is 0 Å². The maximum absolute atomic E-state index is 15.2. The van der Waals surface area contributed by atoms with E-state index in [9.17, 15) is 39.0 Å². The van der Waals surface area contributed by atoms with Gasteiger partial charge in [-0.2, -0.15) is 0 Å². The largest absolute Gasteiger partial charge is 0.508 e. The first-order chi connectivity index (χ1) is 34.4. The number of fused-ring (bicyclic) bond motifs is 5. The van der Waals surface area contributed by atoms with Crippen molar-refractivity contribution in [1.82, 2.24) is 41.8 Å². The lowest BCUT2D eigenvalue weighted by Gasteiger charge is -2.31. The predicted octanol–water partition coefficient (Wildman–Crippen LogP) is 1.13. The highest BCUT2D eigenvalue weighted by molar-refractivity contribution is 8.76. The molecule has 0 unspecified atom stereocenters. The summed E-state index contributed by atoms with van der Waals surface area (Å²) in [7, 11) is 2.08. The average molecular weight is 1030 g/mol. The van der Waals surface area contributed by atoms with Crippen molar-refractivity contribution in [3.8, 4) is 5.75 Å². The number of aromatic amines is 1. The summed E-state index contributed by atoms with van der Waals surface area (Å²) < 4.78 is 0. The van der Waals surface area contributed by atoms with E-state index in [1.54, 1.807) is 56.3 Å². The molecule has 2 aliphatic heterocycles. The molecule has 1 fully saturated rings. The summed E-state index contributed by atoms with van der Waals surface area (Å²) in [5.41, 5.74) is 15.0. The van der Waals surface area contributed by atoms with Gasteiger partial charge in [0, 0.05) is 52.9 Å². The van der Waals surface area contributed by atoms with Crippen LogP contribution in [0.25, 0.3) is 10.9 Å². The number of para-hydroxylation sites is 1. The number of nitrogens with zero attached hydrogens (tertiary/aromatic N) is 1. The molecule has 2 bridgehead atoms. The van der Waals surface area contributed by atoms with Gasteiger partial charge in [-0.3, -0.25) is 43.8 Å². The number of unbranched alkanes of at least 4 members (excludes halogenated alkanes) is 1. The van der Waals surface area contributed by atoms with Gasteiger partial charge < -0.3 is 53.2 Å². The lowest BCUT2D eigenvalue weighted by Crippen LogP contribution is -2.61. The molecular formula is C50H64N10O10S2. The second-order valence-corrected chi connectivity index (χ2v) is 20.9. The molecule has 4 aromatic rings. The molecule has 7 amide bonds. The minimum atomic E-state index is -1.40. The second kappa shape index (κ2) is 25.8. The summed E-state index contributed by atoms with van der Waals surface area (Å²) in [5.74, 6) is -7.46. The number of carboxylic acid groups (broad SMARTS) is 1. The van der Waals surface area contributed by atoms with E-state index in [2.05, 4.69) is 36.9 Å². The Morgan fingerprint density at radius 1 is 0.778 bits per heavy atom. The Bertz CT molecular complexity index is 2580. The molecule has 386 valence electrons. The normalized spacial score (nSPS) is 22.6. The van der Waals surface area contributed by atoms with Gasteiger partial charge in [-0.1, -0.05) is 103 Å². The minimum absolute atomic E-state index is 0.00516. The van der Waals surface area contributed by atoms with E-state index in [0.29, 0.717) is 41.8 Å². The highest BCUT2D eigenvalue weighted by Gasteiger charge is 2.41.